The van der Waals surface area contributed by atoms with Crippen LogP contribution in [0.2, 0.25) is 0 Å². The highest BCUT2D eigenvalue weighted by Crippen LogP contribution is 2.29. The summed E-state index contributed by atoms with van der Waals surface area (Å²) in [6.45, 7) is 2.93. The van der Waals surface area contributed by atoms with E-state index in [9.17, 15) is 14.0 Å². The molecule has 3 heterocycles. The lowest BCUT2D eigenvalue weighted by Gasteiger charge is -2.31. The Morgan fingerprint density at radius 1 is 1.12 bits per heavy atom. The first kappa shape index (κ1) is 21.8. The number of rotatable bonds is 4. The van der Waals surface area contributed by atoms with Crippen molar-refractivity contribution in [3.63, 3.8) is 0 Å². The van der Waals surface area contributed by atoms with Gasteiger partial charge in [-0.1, -0.05) is 0 Å². The van der Waals surface area contributed by atoms with E-state index in [1.165, 1.54) is 23.5 Å². The van der Waals surface area contributed by atoms with Crippen molar-refractivity contribution in [1.29, 1.82) is 0 Å². The Kier molecular flexibility index (Phi) is 5.97. The van der Waals surface area contributed by atoms with Crippen molar-refractivity contribution >= 4 is 28.3 Å². The molecule has 1 fully saturated rings. The topological polar surface area (TPSA) is 80.1 Å². The summed E-state index contributed by atoms with van der Waals surface area (Å²) in [4.78, 5) is 32.1. The molecule has 0 atom stereocenters. The number of piperidine rings is 1. The van der Waals surface area contributed by atoms with Gasteiger partial charge in [0.15, 0.2) is 10.8 Å². The number of hydrogen-bond donors (Lipinski definition) is 1. The SMILES string of the molecule is Cc1csc(NC(=O)C2CCN(C(=O)c3nn(-c4ccc(F)cc4)c4c3CCCC4)CC2)n1. The van der Waals surface area contributed by atoms with E-state index in [0.717, 1.165) is 48.3 Å². The van der Waals surface area contributed by atoms with Crippen molar-refractivity contribution < 1.29 is 14.0 Å². The van der Waals surface area contributed by atoms with E-state index in [0.29, 0.717) is 36.8 Å². The lowest BCUT2D eigenvalue weighted by atomic mass is 9.93. The van der Waals surface area contributed by atoms with Gasteiger partial charge < -0.3 is 10.2 Å². The number of aromatic nitrogens is 3. The predicted molar refractivity (Wildman–Crippen MR) is 124 cm³/mol. The van der Waals surface area contributed by atoms with Gasteiger partial charge in [-0.2, -0.15) is 5.10 Å². The molecule has 172 valence electrons. The van der Waals surface area contributed by atoms with Gasteiger partial charge in [0, 0.05) is 35.6 Å². The Hall–Kier alpha value is -3.07. The van der Waals surface area contributed by atoms with Crippen LogP contribution < -0.4 is 5.32 Å². The summed E-state index contributed by atoms with van der Waals surface area (Å²) in [5.41, 5.74) is 4.20. The van der Waals surface area contributed by atoms with Crippen molar-refractivity contribution in [3.8, 4) is 5.69 Å². The number of nitrogens with one attached hydrogen (secondary N) is 1. The van der Waals surface area contributed by atoms with Crippen molar-refractivity contribution in [3.05, 3.63) is 58.1 Å². The Morgan fingerprint density at radius 2 is 1.85 bits per heavy atom. The van der Waals surface area contributed by atoms with E-state index >= 15 is 0 Å². The number of amides is 2. The van der Waals surface area contributed by atoms with Gasteiger partial charge >= 0.3 is 0 Å². The van der Waals surface area contributed by atoms with Crippen molar-refractivity contribution in [1.82, 2.24) is 19.7 Å². The molecule has 0 radical (unpaired) electrons. The Labute approximate surface area is 195 Å². The molecule has 7 nitrogen and oxygen atoms in total. The van der Waals surface area contributed by atoms with Crippen molar-refractivity contribution in [2.45, 2.75) is 45.4 Å². The average molecular weight is 468 g/mol. The molecule has 1 saturated heterocycles. The summed E-state index contributed by atoms with van der Waals surface area (Å²) in [6, 6.07) is 6.21. The van der Waals surface area contributed by atoms with Crippen LogP contribution in [0.3, 0.4) is 0 Å². The van der Waals surface area contributed by atoms with E-state index < -0.39 is 0 Å². The minimum atomic E-state index is -0.298. The van der Waals surface area contributed by atoms with Crippen LogP contribution >= 0.6 is 11.3 Å². The van der Waals surface area contributed by atoms with Crippen LogP contribution in [0.15, 0.2) is 29.6 Å². The Bertz CT molecular complexity index is 1180. The number of hydrogen-bond acceptors (Lipinski definition) is 5. The third-order valence-corrected chi connectivity index (χ3v) is 7.33. The summed E-state index contributed by atoms with van der Waals surface area (Å²) < 4.78 is 15.2. The number of fused-ring (bicyclic) bond motifs is 1. The van der Waals surface area contributed by atoms with Gasteiger partial charge in [0.25, 0.3) is 5.91 Å². The number of halogens is 1. The number of nitrogens with zero attached hydrogens (tertiary/aromatic N) is 4. The maximum Gasteiger partial charge on any atom is 0.274 e. The molecule has 0 bridgehead atoms. The van der Waals surface area contributed by atoms with Crippen LogP contribution in [0.25, 0.3) is 5.69 Å². The van der Waals surface area contributed by atoms with E-state index in [1.54, 1.807) is 16.8 Å². The first-order chi connectivity index (χ1) is 16.0. The number of carbonyl (C=O) groups excluding carboxylic acids is 2. The zero-order valence-electron chi connectivity index (χ0n) is 18.5. The average Bonchev–Trinajstić information content (AvgIpc) is 3.42. The summed E-state index contributed by atoms with van der Waals surface area (Å²) in [7, 11) is 0. The fraction of sp³-hybridized carbons (Fsp3) is 0.417. The minimum Gasteiger partial charge on any atom is -0.337 e. The van der Waals surface area contributed by atoms with Crippen LogP contribution in [-0.2, 0) is 17.6 Å². The number of thiazole rings is 1. The molecular weight excluding hydrogens is 441 g/mol. The second kappa shape index (κ2) is 9.05. The second-order valence-corrected chi connectivity index (χ2v) is 9.58. The Morgan fingerprint density at radius 3 is 2.55 bits per heavy atom. The van der Waals surface area contributed by atoms with E-state index in [2.05, 4.69) is 10.3 Å². The molecule has 1 aromatic carbocycles. The van der Waals surface area contributed by atoms with Crippen LogP contribution in [0.4, 0.5) is 9.52 Å². The molecule has 1 N–H and O–H groups in total. The monoisotopic (exact) mass is 467 g/mol. The second-order valence-electron chi connectivity index (χ2n) is 8.72. The first-order valence-corrected chi connectivity index (χ1v) is 12.3. The van der Waals surface area contributed by atoms with Gasteiger partial charge in [-0.25, -0.2) is 14.1 Å². The molecule has 1 aliphatic heterocycles. The fourth-order valence-electron chi connectivity index (χ4n) is 4.68. The summed E-state index contributed by atoms with van der Waals surface area (Å²) in [5.74, 6) is -0.547. The van der Waals surface area contributed by atoms with Gasteiger partial charge in [0.1, 0.15) is 5.82 Å². The summed E-state index contributed by atoms with van der Waals surface area (Å²) in [5, 5.41) is 10.1. The highest BCUT2D eigenvalue weighted by Gasteiger charge is 2.32. The van der Waals surface area contributed by atoms with Gasteiger partial charge in [0.05, 0.1) is 11.4 Å². The molecule has 2 aromatic heterocycles. The molecule has 0 unspecified atom stereocenters. The lowest BCUT2D eigenvalue weighted by Crippen LogP contribution is -2.42. The molecular formula is C24H26FN5O2S. The molecule has 3 aromatic rings. The quantitative estimate of drug-likeness (QED) is 0.625. The number of likely N-dealkylation sites (tertiary alicyclic amines) is 1. The smallest absolute Gasteiger partial charge is 0.274 e. The lowest BCUT2D eigenvalue weighted by molar-refractivity contribution is -0.121. The summed E-state index contributed by atoms with van der Waals surface area (Å²) >= 11 is 1.42. The van der Waals surface area contributed by atoms with Gasteiger partial charge in [0.2, 0.25) is 5.91 Å². The molecule has 0 spiro atoms. The van der Waals surface area contributed by atoms with Crippen LogP contribution in [-0.4, -0.2) is 44.6 Å². The molecule has 33 heavy (non-hydrogen) atoms. The number of carbonyl (C=O) groups is 2. The maximum atomic E-state index is 13.4. The Balaban J connectivity index is 1.30. The molecule has 0 saturated carbocycles. The largest absolute Gasteiger partial charge is 0.337 e. The molecule has 2 aliphatic rings. The molecule has 5 rings (SSSR count). The third kappa shape index (κ3) is 4.42. The predicted octanol–water partition coefficient (Wildman–Crippen LogP) is 4.15. The maximum absolute atomic E-state index is 13.4. The number of aryl methyl sites for hydroxylation is 1. The third-order valence-electron chi connectivity index (χ3n) is 6.46. The summed E-state index contributed by atoms with van der Waals surface area (Å²) in [6.07, 6.45) is 4.98. The number of benzene rings is 1. The van der Waals surface area contributed by atoms with Gasteiger partial charge in [-0.05, 0) is 69.7 Å². The van der Waals surface area contributed by atoms with Crippen LogP contribution in [0.5, 0.6) is 0 Å². The van der Waals surface area contributed by atoms with E-state index in [1.807, 2.05) is 17.2 Å². The van der Waals surface area contributed by atoms with E-state index in [4.69, 9.17) is 5.10 Å². The standard InChI is InChI=1S/C24H26FN5O2S/c1-15-14-33-24(26-15)27-22(31)16-10-12-29(13-11-16)23(32)21-19-4-2-3-5-20(19)30(28-21)18-8-6-17(25)7-9-18/h6-9,14,16H,2-5,10-13H2,1H3,(H,26,27,31). The zero-order valence-corrected chi connectivity index (χ0v) is 19.3. The highest BCUT2D eigenvalue weighted by atomic mass is 32.1. The molecule has 1 aliphatic carbocycles. The fourth-order valence-corrected chi connectivity index (χ4v) is 5.37. The molecule has 2 amide bonds. The van der Waals surface area contributed by atoms with Crippen LogP contribution in [0.1, 0.15) is 53.1 Å². The van der Waals surface area contributed by atoms with Crippen molar-refractivity contribution in [2.24, 2.45) is 5.92 Å². The van der Waals surface area contributed by atoms with Crippen LogP contribution in [0, 0.1) is 18.7 Å². The number of anilines is 1. The first-order valence-electron chi connectivity index (χ1n) is 11.4. The minimum absolute atomic E-state index is 0.0329. The highest BCUT2D eigenvalue weighted by molar-refractivity contribution is 7.13. The van der Waals surface area contributed by atoms with Gasteiger partial charge in [-0.15, -0.1) is 11.3 Å². The zero-order chi connectivity index (χ0) is 22.9. The normalized spacial score (nSPS) is 16.5. The van der Waals surface area contributed by atoms with Gasteiger partial charge in [-0.3, -0.25) is 9.59 Å². The van der Waals surface area contributed by atoms with Crippen molar-refractivity contribution in [2.75, 3.05) is 18.4 Å². The van der Waals surface area contributed by atoms with E-state index in [-0.39, 0.29) is 23.5 Å². The molecule has 9 heteroatoms.